The van der Waals surface area contributed by atoms with Crippen LogP contribution in [0.15, 0.2) is 53.1 Å². The molecule has 8 heteroatoms. The number of hydrogen-bond acceptors (Lipinski definition) is 4. The number of carbonyl (C=O) groups is 2. The lowest BCUT2D eigenvalue weighted by atomic mass is 10.1. The number of benzene rings is 1. The summed E-state index contributed by atoms with van der Waals surface area (Å²) in [6.07, 6.45) is 2.65. The molecule has 1 saturated heterocycles. The summed E-state index contributed by atoms with van der Waals surface area (Å²) in [6.45, 7) is 4.87. The average Bonchev–Trinajstić information content (AvgIpc) is 3.29. The third-order valence-corrected chi connectivity index (χ3v) is 6.09. The van der Waals surface area contributed by atoms with Crippen molar-refractivity contribution in [3.8, 4) is 5.82 Å². The number of carbonyl (C=O) groups excluding carboxylic acids is 2. The van der Waals surface area contributed by atoms with Crippen molar-refractivity contribution in [3.63, 3.8) is 0 Å². The monoisotopic (exact) mass is 481 g/mol. The third-order valence-electron chi connectivity index (χ3n) is 5.60. The number of nitrogens with zero attached hydrogens (tertiary/aromatic N) is 4. The predicted molar refractivity (Wildman–Crippen MR) is 122 cm³/mol. The van der Waals surface area contributed by atoms with E-state index in [1.165, 1.54) is 0 Å². The molecule has 1 aromatic carbocycles. The molecule has 0 saturated carbocycles. The standard InChI is InChI=1S/C23H24BrN5O2/c1-15-20(16(2)29(27-15)21-8-3-4-10-25-21)9-11-26-23(31)17-12-22(30)28(14-17)19-7-5-6-18(24)13-19/h3-8,10,13,17H,9,11-12,14H2,1-2H3,(H,26,31). The lowest BCUT2D eigenvalue weighted by Crippen LogP contribution is -2.34. The fraction of sp³-hybridized carbons (Fsp3) is 0.304. The third kappa shape index (κ3) is 4.54. The SMILES string of the molecule is Cc1nn(-c2ccccn2)c(C)c1CCNC(=O)C1CC(=O)N(c2cccc(Br)c2)C1. The van der Waals surface area contributed by atoms with Gasteiger partial charge in [0, 0.05) is 41.6 Å². The van der Waals surface area contributed by atoms with Crippen LogP contribution in [0.5, 0.6) is 0 Å². The van der Waals surface area contributed by atoms with E-state index >= 15 is 0 Å². The summed E-state index contributed by atoms with van der Waals surface area (Å²) in [5.41, 5.74) is 3.85. The fourth-order valence-electron chi connectivity index (χ4n) is 3.97. The van der Waals surface area contributed by atoms with E-state index in [0.29, 0.717) is 19.5 Å². The zero-order chi connectivity index (χ0) is 22.0. The zero-order valence-corrected chi connectivity index (χ0v) is 19.1. The minimum Gasteiger partial charge on any atom is -0.355 e. The van der Waals surface area contributed by atoms with Crippen molar-refractivity contribution in [1.29, 1.82) is 0 Å². The Balaban J connectivity index is 1.36. The second-order valence-electron chi connectivity index (χ2n) is 7.68. The second-order valence-corrected chi connectivity index (χ2v) is 8.59. The van der Waals surface area contributed by atoms with E-state index in [-0.39, 0.29) is 24.2 Å². The van der Waals surface area contributed by atoms with Crippen LogP contribution in [0.2, 0.25) is 0 Å². The van der Waals surface area contributed by atoms with Crippen LogP contribution in [0.1, 0.15) is 23.4 Å². The van der Waals surface area contributed by atoms with Gasteiger partial charge in [0.2, 0.25) is 11.8 Å². The van der Waals surface area contributed by atoms with Crippen LogP contribution in [0.3, 0.4) is 0 Å². The lowest BCUT2D eigenvalue weighted by molar-refractivity contribution is -0.126. The summed E-state index contributed by atoms with van der Waals surface area (Å²) >= 11 is 3.43. The quantitative estimate of drug-likeness (QED) is 0.585. The molecular formula is C23H24BrN5O2. The van der Waals surface area contributed by atoms with Crippen LogP contribution in [0.4, 0.5) is 5.69 Å². The van der Waals surface area contributed by atoms with Crippen molar-refractivity contribution in [2.75, 3.05) is 18.0 Å². The molecule has 2 amide bonds. The molecule has 1 unspecified atom stereocenters. The molecule has 3 heterocycles. The molecule has 1 fully saturated rings. The van der Waals surface area contributed by atoms with Crippen LogP contribution >= 0.6 is 15.9 Å². The van der Waals surface area contributed by atoms with Crippen LogP contribution in [-0.2, 0) is 16.0 Å². The van der Waals surface area contributed by atoms with Gasteiger partial charge in [-0.1, -0.05) is 28.1 Å². The molecule has 31 heavy (non-hydrogen) atoms. The number of aryl methyl sites for hydroxylation is 1. The van der Waals surface area contributed by atoms with Gasteiger partial charge in [0.25, 0.3) is 0 Å². The number of aromatic nitrogens is 3. The molecule has 160 valence electrons. The minimum absolute atomic E-state index is 0.0263. The number of halogens is 1. The number of hydrogen-bond donors (Lipinski definition) is 1. The van der Waals surface area contributed by atoms with Crippen LogP contribution < -0.4 is 10.2 Å². The van der Waals surface area contributed by atoms with Gasteiger partial charge < -0.3 is 10.2 Å². The van der Waals surface area contributed by atoms with E-state index in [1.807, 2.05) is 61.0 Å². The fourth-order valence-corrected chi connectivity index (χ4v) is 4.36. The summed E-state index contributed by atoms with van der Waals surface area (Å²) in [5.74, 6) is 0.320. The van der Waals surface area contributed by atoms with Crippen molar-refractivity contribution >= 4 is 33.4 Å². The first-order valence-corrected chi connectivity index (χ1v) is 11.0. The highest BCUT2D eigenvalue weighted by Gasteiger charge is 2.35. The molecule has 1 N–H and O–H groups in total. The summed E-state index contributed by atoms with van der Waals surface area (Å²) in [4.78, 5) is 31.2. The molecule has 2 aromatic heterocycles. The van der Waals surface area contributed by atoms with Crippen molar-refractivity contribution in [3.05, 3.63) is 70.1 Å². The molecular weight excluding hydrogens is 458 g/mol. The Morgan fingerprint density at radius 2 is 2.06 bits per heavy atom. The lowest BCUT2D eigenvalue weighted by Gasteiger charge is -2.17. The first kappa shape index (κ1) is 21.2. The highest BCUT2D eigenvalue weighted by Crippen LogP contribution is 2.27. The van der Waals surface area contributed by atoms with E-state index in [1.54, 1.807) is 11.1 Å². The van der Waals surface area contributed by atoms with E-state index in [0.717, 1.165) is 32.9 Å². The average molecular weight is 482 g/mol. The van der Waals surface area contributed by atoms with Gasteiger partial charge in [-0.2, -0.15) is 5.10 Å². The van der Waals surface area contributed by atoms with E-state index in [2.05, 4.69) is 31.3 Å². The molecule has 0 aliphatic carbocycles. The van der Waals surface area contributed by atoms with Gasteiger partial charge in [-0.25, -0.2) is 9.67 Å². The molecule has 1 aliphatic heterocycles. The van der Waals surface area contributed by atoms with Crippen molar-refractivity contribution in [2.24, 2.45) is 5.92 Å². The largest absolute Gasteiger partial charge is 0.355 e. The van der Waals surface area contributed by atoms with E-state index < -0.39 is 0 Å². The van der Waals surface area contributed by atoms with Crippen molar-refractivity contribution < 1.29 is 9.59 Å². The Bertz CT molecular complexity index is 1110. The minimum atomic E-state index is -0.343. The Labute approximate surface area is 189 Å². The topological polar surface area (TPSA) is 80.1 Å². The number of amides is 2. The van der Waals surface area contributed by atoms with E-state index in [9.17, 15) is 9.59 Å². The summed E-state index contributed by atoms with van der Waals surface area (Å²) in [7, 11) is 0. The molecule has 1 aliphatic rings. The van der Waals surface area contributed by atoms with Gasteiger partial charge in [-0.05, 0) is 56.2 Å². The molecule has 3 aromatic rings. The predicted octanol–water partition coefficient (Wildman–Crippen LogP) is 3.36. The maximum atomic E-state index is 12.7. The normalized spacial score (nSPS) is 16.0. The van der Waals surface area contributed by atoms with Crippen molar-refractivity contribution in [1.82, 2.24) is 20.1 Å². The van der Waals surface area contributed by atoms with Gasteiger partial charge >= 0.3 is 0 Å². The number of rotatable bonds is 6. The number of nitrogens with one attached hydrogen (secondary N) is 1. The Morgan fingerprint density at radius 3 is 2.81 bits per heavy atom. The van der Waals surface area contributed by atoms with Crippen LogP contribution in [-0.4, -0.2) is 39.7 Å². The molecule has 0 spiro atoms. The first-order chi connectivity index (χ1) is 14.9. The van der Waals surface area contributed by atoms with Gasteiger partial charge in [0.15, 0.2) is 5.82 Å². The molecule has 7 nitrogen and oxygen atoms in total. The molecule has 1 atom stereocenters. The maximum Gasteiger partial charge on any atom is 0.227 e. The van der Waals surface area contributed by atoms with Gasteiger partial charge in [-0.3, -0.25) is 9.59 Å². The second kappa shape index (κ2) is 9.01. The highest BCUT2D eigenvalue weighted by atomic mass is 79.9. The Kier molecular flexibility index (Phi) is 6.18. The van der Waals surface area contributed by atoms with Crippen molar-refractivity contribution in [2.45, 2.75) is 26.7 Å². The molecule has 0 radical (unpaired) electrons. The first-order valence-electron chi connectivity index (χ1n) is 10.2. The number of anilines is 1. The smallest absolute Gasteiger partial charge is 0.227 e. The molecule has 4 rings (SSSR count). The summed E-state index contributed by atoms with van der Waals surface area (Å²) in [6, 6.07) is 13.3. The summed E-state index contributed by atoms with van der Waals surface area (Å²) < 4.78 is 2.74. The highest BCUT2D eigenvalue weighted by molar-refractivity contribution is 9.10. The zero-order valence-electron chi connectivity index (χ0n) is 17.5. The molecule has 0 bridgehead atoms. The van der Waals surface area contributed by atoms with Gasteiger partial charge in [0.05, 0.1) is 11.6 Å². The maximum absolute atomic E-state index is 12.7. The van der Waals surface area contributed by atoms with E-state index in [4.69, 9.17) is 0 Å². The Morgan fingerprint density at radius 1 is 1.23 bits per heavy atom. The van der Waals surface area contributed by atoms with Gasteiger partial charge in [-0.15, -0.1) is 0 Å². The Hall–Kier alpha value is -3.00. The van der Waals surface area contributed by atoms with Gasteiger partial charge in [0.1, 0.15) is 0 Å². The van der Waals surface area contributed by atoms with Crippen LogP contribution in [0, 0.1) is 19.8 Å². The van der Waals surface area contributed by atoms with Crippen LogP contribution in [0.25, 0.3) is 5.82 Å². The number of pyridine rings is 1. The summed E-state index contributed by atoms with van der Waals surface area (Å²) in [5, 5.41) is 7.60.